The van der Waals surface area contributed by atoms with E-state index < -0.39 is 6.10 Å². The second-order valence-corrected chi connectivity index (χ2v) is 8.39. The van der Waals surface area contributed by atoms with Gasteiger partial charge in [-0.3, -0.25) is 4.90 Å². The molecule has 2 fully saturated rings. The van der Waals surface area contributed by atoms with Crippen molar-refractivity contribution in [3.05, 3.63) is 60.1 Å². The topological polar surface area (TPSA) is 64.2 Å². The Morgan fingerprint density at radius 2 is 2.03 bits per heavy atom. The van der Waals surface area contributed by atoms with Gasteiger partial charge in [0.1, 0.15) is 11.9 Å². The van der Waals surface area contributed by atoms with E-state index in [1.54, 1.807) is 18.4 Å². The maximum Gasteiger partial charge on any atom is 0.194 e. The number of nitrogens with one attached hydrogen (secondary N) is 1. The minimum absolute atomic E-state index is 0. The third kappa shape index (κ3) is 6.23. The fourth-order valence-corrected chi connectivity index (χ4v) is 4.88. The van der Waals surface area contributed by atoms with Gasteiger partial charge in [-0.2, -0.15) is 0 Å². The van der Waals surface area contributed by atoms with Crippen LogP contribution in [0, 0.1) is 5.92 Å². The van der Waals surface area contributed by atoms with Gasteiger partial charge in [0.05, 0.1) is 12.8 Å². The highest BCUT2D eigenvalue weighted by Gasteiger charge is 2.36. The van der Waals surface area contributed by atoms with Crippen LogP contribution in [0.15, 0.2) is 58.1 Å². The van der Waals surface area contributed by atoms with Crippen LogP contribution in [0.1, 0.15) is 43.6 Å². The predicted molar refractivity (Wildman–Crippen MR) is 135 cm³/mol. The zero-order valence-corrected chi connectivity index (χ0v) is 20.7. The number of aliphatic hydroxyl groups excluding tert-OH is 1. The number of aliphatic hydroxyl groups is 1. The van der Waals surface area contributed by atoms with Gasteiger partial charge in [-0.25, -0.2) is 4.99 Å². The molecule has 2 aliphatic rings. The lowest BCUT2D eigenvalue weighted by Crippen LogP contribution is -2.56. The highest BCUT2D eigenvalue weighted by Crippen LogP contribution is 2.31. The van der Waals surface area contributed by atoms with Crippen LogP contribution in [0.2, 0.25) is 0 Å². The first-order valence-electron chi connectivity index (χ1n) is 11.3. The first-order valence-corrected chi connectivity index (χ1v) is 11.3. The van der Waals surface area contributed by atoms with Crippen LogP contribution in [0.4, 0.5) is 0 Å². The number of likely N-dealkylation sites (tertiary alicyclic amines) is 2. The number of rotatable bonds is 6. The molecular formula is C24H35IN4O2. The number of halogens is 1. The van der Waals surface area contributed by atoms with Crippen molar-refractivity contribution in [2.24, 2.45) is 10.9 Å². The molecular weight excluding hydrogens is 503 g/mol. The first-order chi connectivity index (χ1) is 14.7. The molecule has 0 aliphatic carbocycles. The lowest BCUT2D eigenvalue weighted by Gasteiger charge is -2.48. The molecule has 1 aromatic carbocycles. The van der Waals surface area contributed by atoms with Crippen molar-refractivity contribution in [3.8, 4) is 0 Å². The fraction of sp³-hybridized carbons (Fsp3) is 0.542. The van der Waals surface area contributed by atoms with Crippen molar-refractivity contribution < 1.29 is 9.52 Å². The summed E-state index contributed by atoms with van der Waals surface area (Å²) in [6.07, 6.45) is 4.57. The molecule has 3 unspecified atom stereocenters. The van der Waals surface area contributed by atoms with Crippen molar-refractivity contribution in [1.29, 1.82) is 0 Å². The summed E-state index contributed by atoms with van der Waals surface area (Å²) in [5, 5.41) is 13.8. The van der Waals surface area contributed by atoms with Crippen LogP contribution in [0.5, 0.6) is 0 Å². The number of hydrogen-bond acceptors (Lipinski definition) is 4. The Bertz CT molecular complexity index is 799. The Balaban J connectivity index is 0.00000272. The van der Waals surface area contributed by atoms with Crippen molar-refractivity contribution in [1.82, 2.24) is 15.1 Å². The molecule has 0 amide bonds. The minimum atomic E-state index is -0.706. The molecule has 3 heterocycles. The molecule has 2 aliphatic heterocycles. The molecule has 1 aromatic heterocycles. The molecule has 6 nitrogen and oxygen atoms in total. The number of hydrogen-bond donors (Lipinski definition) is 2. The molecule has 2 saturated heterocycles. The van der Waals surface area contributed by atoms with Gasteiger partial charge in [0.2, 0.25) is 0 Å². The second-order valence-electron chi connectivity index (χ2n) is 8.39. The molecule has 0 radical (unpaired) electrons. The van der Waals surface area contributed by atoms with Crippen molar-refractivity contribution in [2.45, 2.75) is 44.9 Å². The summed E-state index contributed by atoms with van der Waals surface area (Å²) in [5.41, 5.74) is 1.40. The predicted octanol–water partition coefficient (Wildman–Crippen LogP) is 3.88. The number of fused-ring (bicyclic) bond motifs is 1. The third-order valence-electron chi connectivity index (χ3n) is 6.33. The van der Waals surface area contributed by atoms with Gasteiger partial charge in [0, 0.05) is 32.2 Å². The van der Waals surface area contributed by atoms with Crippen LogP contribution < -0.4 is 5.32 Å². The van der Waals surface area contributed by atoms with Gasteiger partial charge >= 0.3 is 0 Å². The van der Waals surface area contributed by atoms with Crippen molar-refractivity contribution in [3.63, 3.8) is 0 Å². The number of nitrogens with zero attached hydrogens (tertiary/aromatic N) is 3. The number of aliphatic imine (C=N–C) groups is 1. The number of furan rings is 1. The van der Waals surface area contributed by atoms with Gasteiger partial charge in [-0.05, 0) is 56.3 Å². The number of benzene rings is 1. The van der Waals surface area contributed by atoms with Crippen molar-refractivity contribution in [2.75, 3.05) is 32.7 Å². The summed E-state index contributed by atoms with van der Waals surface area (Å²) in [6.45, 7) is 7.48. The summed E-state index contributed by atoms with van der Waals surface area (Å²) in [6, 6.07) is 15.1. The Morgan fingerprint density at radius 1 is 1.19 bits per heavy atom. The SMILES string of the molecule is CCNC(=NCC(O)c1ccco1)N1CCC2C(CCCN2Cc2ccccc2)C1.I. The lowest BCUT2D eigenvalue weighted by atomic mass is 9.83. The third-order valence-corrected chi connectivity index (χ3v) is 6.33. The van der Waals surface area contributed by atoms with E-state index in [2.05, 4.69) is 52.4 Å². The Labute approximate surface area is 202 Å². The van der Waals surface area contributed by atoms with Crippen LogP contribution in [0.25, 0.3) is 0 Å². The molecule has 4 rings (SSSR count). The zero-order chi connectivity index (χ0) is 20.8. The van der Waals surface area contributed by atoms with Crippen LogP contribution >= 0.6 is 24.0 Å². The van der Waals surface area contributed by atoms with Crippen molar-refractivity contribution >= 4 is 29.9 Å². The molecule has 2 aromatic rings. The average Bonchev–Trinajstić information content (AvgIpc) is 3.32. The van der Waals surface area contributed by atoms with E-state index in [9.17, 15) is 5.11 Å². The van der Waals surface area contributed by atoms with Gasteiger partial charge in [0.25, 0.3) is 0 Å². The maximum atomic E-state index is 10.3. The van der Waals surface area contributed by atoms with Gasteiger partial charge in [0.15, 0.2) is 5.96 Å². The molecule has 0 bridgehead atoms. The molecule has 0 saturated carbocycles. The van der Waals surface area contributed by atoms with Crippen LogP contribution in [0.3, 0.4) is 0 Å². The number of piperidine rings is 2. The molecule has 2 N–H and O–H groups in total. The van der Waals surface area contributed by atoms with E-state index in [1.807, 2.05) is 0 Å². The monoisotopic (exact) mass is 538 g/mol. The van der Waals surface area contributed by atoms with E-state index in [0.717, 1.165) is 38.6 Å². The van der Waals surface area contributed by atoms with Gasteiger partial charge < -0.3 is 19.7 Å². The molecule has 170 valence electrons. The van der Waals surface area contributed by atoms with E-state index in [4.69, 9.17) is 9.41 Å². The van der Waals surface area contributed by atoms with Crippen LogP contribution in [-0.2, 0) is 6.54 Å². The van der Waals surface area contributed by atoms with E-state index in [1.165, 1.54) is 24.9 Å². The lowest BCUT2D eigenvalue weighted by molar-refractivity contribution is 0.0371. The van der Waals surface area contributed by atoms with Gasteiger partial charge in [-0.1, -0.05) is 30.3 Å². The summed E-state index contributed by atoms with van der Waals surface area (Å²) < 4.78 is 5.31. The summed E-state index contributed by atoms with van der Waals surface area (Å²) in [7, 11) is 0. The van der Waals surface area contributed by atoms with E-state index >= 15 is 0 Å². The number of guanidine groups is 1. The van der Waals surface area contributed by atoms with E-state index in [-0.39, 0.29) is 24.0 Å². The van der Waals surface area contributed by atoms with E-state index in [0.29, 0.717) is 24.3 Å². The summed E-state index contributed by atoms with van der Waals surface area (Å²) >= 11 is 0. The van der Waals surface area contributed by atoms with Gasteiger partial charge in [-0.15, -0.1) is 24.0 Å². The summed E-state index contributed by atoms with van der Waals surface area (Å²) in [5.74, 6) is 2.13. The van der Waals surface area contributed by atoms with Crippen LogP contribution in [-0.4, -0.2) is 59.6 Å². The standard InChI is InChI=1S/C24H34N4O2.HI/c1-2-25-24(26-16-22(29)23-11-7-15-30-23)28-14-12-21-20(18-28)10-6-13-27(21)17-19-8-4-3-5-9-19;/h3-5,7-9,11,15,20-22,29H,2,6,10,12-14,16-18H2,1H3,(H,25,26);1H. The normalized spacial score (nSPS) is 23.0. The maximum absolute atomic E-state index is 10.3. The largest absolute Gasteiger partial charge is 0.467 e. The average molecular weight is 538 g/mol. The minimum Gasteiger partial charge on any atom is -0.467 e. The quantitative estimate of drug-likeness (QED) is 0.332. The molecule has 7 heteroatoms. The highest BCUT2D eigenvalue weighted by molar-refractivity contribution is 14.0. The smallest absolute Gasteiger partial charge is 0.194 e. The molecule has 3 atom stereocenters. The highest BCUT2D eigenvalue weighted by atomic mass is 127. The second kappa shape index (κ2) is 11.9. The zero-order valence-electron chi connectivity index (χ0n) is 18.3. The Morgan fingerprint density at radius 3 is 2.77 bits per heavy atom. The Kier molecular flexibility index (Phi) is 9.22. The first kappa shape index (κ1) is 24.1. The molecule has 31 heavy (non-hydrogen) atoms. The fourth-order valence-electron chi connectivity index (χ4n) is 4.88. The molecule has 0 spiro atoms. The summed E-state index contributed by atoms with van der Waals surface area (Å²) in [4.78, 5) is 9.79. The Hall–Kier alpha value is -1.58.